The molecule has 13 heteroatoms. The monoisotopic (exact) mass is 700 g/mol. The number of Topliss-reactive ketones (excluding diaryl/α,β-unsaturated/α-hetero) is 1. The van der Waals surface area contributed by atoms with Crippen molar-refractivity contribution in [1.29, 1.82) is 0 Å². The van der Waals surface area contributed by atoms with Crippen molar-refractivity contribution in [2.24, 2.45) is 0 Å². The molecular weight excluding hydrogens is 654 g/mol. The van der Waals surface area contributed by atoms with Crippen LogP contribution in [0.25, 0.3) is 0 Å². The number of nitrogens with zero attached hydrogens (tertiary/aromatic N) is 4. The van der Waals surface area contributed by atoms with Gasteiger partial charge in [-0.1, -0.05) is 91.0 Å². The van der Waals surface area contributed by atoms with E-state index in [0.717, 1.165) is 16.7 Å². The molecule has 0 saturated carbocycles. The Labute approximate surface area is 299 Å². The van der Waals surface area contributed by atoms with Crippen LogP contribution in [0, 0.1) is 6.92 Å². The summed E-state index contributed by atoms with van der Waals surface area (Å²) >= 11 is 0. The van der Waals surface area contributed by atoms with E-state index < -0.39 is 18.3 Å². The molecule has 1 aliphatic rings. The maximum Gasteiger partial charge on any atom is 0.410 e. The number of carbonyl (C=O) groups is 5. The van der Waals surface area contributed by atoms with E-state index in [4.69, 9.17) is 14.2 Å². The van der Waals surface area contributed by atoms with Crippen molar-refractivity contribution in [2.45, 2.75) is 26.2 Å². The van der Waals surface area contributed by atoms with Gasteiger partial charge < -0.3 is 34.2 Å². The zero-order valence-electron chi connectivity index (χ0n) is 28.8. The fourth-order valence-electron chi connectivity index (χ4n) is 5.14. The molecule has 1 aliphatic heterocycles. The molecule has 1 N–H and O–H groups in total. The number of benzene rings is 3. The Morgan fingerprint density at radius 3 is 1.20 bits per heavy atom. The SMILES string of the molecule is [CH2]CC(=O)CNC(=O)CN1CCN(C(=O)OCc2ccccc2)CCN(C(=O)OCc2ccccc2)CCN(C(=O)OCc2ccccc2)CC1. The van der Waals surface area contributed by atoms with Crippen LogP contribution in [0.1, 0.15) is 23.1 Å². The highest BCUT2D eigenvalue weighted by molar-refractivity contribution is 5.87. The average Bonchev–Trinajstić information content (AvgIpc) is 3.16. The van der Waals surface area contributed by atoms with Crippen molar-refractivity contribution in [3.63, 3.8) is 0 Å². The molecule has 1 heterocycles. The highest BCUT2D eigenvalue weighted by atomic mass is 16.6. The van der Waals surface area contributed by atoms with E-state index in [-0.39, 0.29) is 103 Å². The van der Waals surface area contributed by atoms with E-state index in [1.54, 1.807) is 4.90 Å². The van der Waals surface area contributed by atoms with Crippen LogP contribution < -0.4 is 5.32 Å². The number of hydrogen-bond donors (Lipinski definition) is 1. The van der Waals surface area contributed by atoms with Crippen molar-refractivity contribution < 1.29 is 38.2 Å². The molecule has 51 heavy (non-hydrogen) atoms. The summed E-state index contributed by atoms with van der Waals surface area (Å²) in [5.41, 5.74) is 2.46. The summed E-state index contributed by atoms with van der Waals surface area (Å²) in [5, 5.41) is 2.62. The molecule has 1 radical (unpaired) electrons. The lowest BCUT2D eigenvalue weighted by molar-refractivity contribution is -0.125. The first-order chi connectivity index (χ1) is 24.8. The summed E-state index contributed by atoms with van der Waals surface area (Å²) in [5.74, 6) is -0.587. The van der Waals surface area contributed by atoms with E-state index in [0.29, 0.717) is 0 Å². The van der Waals surface area contributed by atoms with Crippen molar-refractivity contribution in [2.75, 3.05) is 65.4 Å². The Kier molecular flexibility index (Phi) is 15.8. The molecule has 13 nitrogen and oxygen atoms in total. The minimum atomic E-state index is -0.596. The number of ether oxygens (including phenoxy) is 3. The van der Waals surface area contributed by atoms with Gasteiger partial charge in [-0.2, -0.15) is 0 Å². The zero-order chi connectivity index (χ0) is 36.3. The first kappa shape index (κ1) is 38.4. The summed E-state index contributed by atoms with van der Waals surface area (Å²) in [7, 11) is 0. The van der Waals surface area contributed by atoms with Crippen molar-refractivity contribution in [3.8, 4) is 0 Å². The van der Waals surface area contributed by atoms with Crippen LogP contribution in [-0.4, -0.2) is 115 Å². The molecule has 3 aromatic carbocycles. The fourth-order valence-corrected chi connectivity index (χ4v) is 5.14. The van der Waals surface area contributed by atoms with E-state index in [1.165, 1.54) is 14.7 Å². The van der Waals surface area contributed by atoms with Gasteiger partial charge in [-0.25, -0.2) is 14.4 Å². The van der Waals surface area contributed by atoms with Crippen LogP contribution in [-0.2, 0) is 43.6 Å². The molecule has 0 bridgehead atoms. The zero-order valence-corrected chi connectivity index (χ0v) is 28.8. The number of carbonyl (C=O) groups excluding carboxylic acids is 5. The predicted octanol–water partition coefficient (Wildman–Crippen LogP) is 4.13. The van der Waals surface area contributed by atoms with Gasteiger partial charge in [0.15, 0.2) is 5.78 Å². The standard InChI is InChI=1S/C38H46N5O8/c1-2-34(44)26-39-35(45)27-40-18-20-41(36(46)49-28-31-12-6-3-7-13-31)22-24-43(38(48)51-30-33-16-10-5-11-17-33)25-23-42(21-19-40)37(47)50-29-32-14-8-4-9-15-32/h3-17H,1-2,18-30H2,(H,39,45). The van der Waals surface area contributed by atoms with Gasteiger partial charge in [-0.15, -0.1) is 0 Å². The maximum atomic E-state index is 13.4. The quantitative estimate of drug-likeness (QED) is 0.293. The minimum Gasteiger partial charge on any atom is -0.445 e. The number of rotatable bonds is 11. The van der Waals surface area contributed by atoms with Crippen LogP contribution in [0.15, 0.2) is 91.0 Å². The normalized spacial score (nSPS) is 14.4. The first-order valence-electron chi connectivity index (χ1n) is 17.0. The average molecular weight is 701 g/mol. The molecule has 3 aromatic rings. The summed E-state index contributed by atoms with van der Waals surface area (Å²) in [6.07, 6.45) is -1.70. The van der Waals surface area contributed by atoms with Crippen molar-refractivity contribution in [1.82, 2.24) is 24.9 Å². The van der Waals surface area contributed by atoms with Gasteiger partial charge in [0.05, 0.1) is 13.1 Å². The van der Waals surface area contributed by atoms with E-state index in [9.17, 15) is 24.0 Å². The Hall–Kier alpha value is -5.43. The Morgan fingerprint density at radius 1 is 0.529 bits per heavy atom. The Morgan fingerprint density at radius 2 is 0.863 bits per heavy atom. The number of amides is 4. The first-order valence-corrected chi connectivity index (χ1v) is 17.0. The van der Waals surface area contributed by atoms with Gasteiger partial charge in [0.25, 0.3) is 0 Å². The molecule has 4 amide bonds. The van der Waals surface area contributed by atoms with Crippen LogP contribution in [0.3, 0.4) is 0 Å². The van der Waals surface area contributed by atoms with Gasteiger partial charge in [0.1, 0.15) is 19.8 Å². The molecule has 0 atom stereocenters. The molecule has 0 spiro atoms. The molecule has 271 valence electrons. The lowest BCUT2D eigenvalue weighted by Crippen LogP contribution is -2.51. The van der Waals surface area contributed by atoms with E-state index in [2.05, 4.69) is 12.2 Å². The third-order valence-electron chi connectivity index (χ3n) is 8.17. The van der Waals surface area contributed by atoms with Gasteiger partial charge in [0, 0.05) is 58.8 Å². The topological polar surface area (TPSA) is 138 Å². The molecular formula is C38H46N5O8. The largest absolute Gasteiger partial charge is 0.445 e. The minimum absolute atomic E-state index is 0.0548. The molecule has 1 saturated heterocycles. The fraction of sp³-hybridized carbons (Fsp3) is 0.368. The van der Waals surface area contributed by atoms with Crippen LogP contribution in [0.4, 0.5) is 14.4 Å². The number of hydrogen-bond acceptors (Lipinski definition) is 9. The van der Waals surface area contributed by atoms with Gasteiger partial charge in [0.2, 0.25) is 5.91 Å². The Bertz CT molecular complexity index is 1470. The van der Waals surface area contributed by atoms with Crippen LogP contribution in [0.2, 0.25) is 0 Å². The van der Waals surface area contributed by atoms with Crippen LogP contribution >= 0.6 is 0 Å². The summed E-state index contributed by atoms with van der Waals surface area (Å²) in [4.78, 5) is 71.1. The molecule has 0 aliphatic carbocycles. The second kappa shape index (κ2) is 20.9. The van der Waals surface area contributed by atoms with Crippen molar-refractivity contribution in [3.05, 3.63) is 115 Å². The number of ketones is 1. The highest BCUT2D eigenvalue weighted by Crippen LogP contribution is 2.10. The Balaban J connectivity index is 1.51. The number of nitrogens with one attached hydrogen (secondary N) is 1. The van der Waals surface area contributed by atoms with E-state index in [1.807, 2.05) is 91.0 Å². The van der Waals surface area contributed by atoms with E-state index >= 15 is 0 Å². The molecule has 4 rings (SSSR count). The predicted molar refractivity (Wildman–Crippen MR) is 189 cm³/mol. The third-order valence-corrected chi connectivity index (χ3v) is 8.17. The lowest BCUT2D eigenvalue weighted by atomic mass is 10.2. The van der Waals surface area contributed by atoms with Gasteiger partial charge in [-0.3, -0.25) is 14.5 Å². The molecule has 1 fully saturated rings. The summed E-state index contributed by atoms with van der Waals surface area (Å²) in [6, 6.07) is 27.8. The van der Waals surface area contributed by atoms with Crippen molar-refractivity contribution >= 4 is 30.0 Å². The second-order valence-electron chi connectivity index (χ2n) is 11.9. The second-order valence-corrected chi connectivity index (χ2v) is 11.9. The third kappa shape index (κ3) is 13.8. The lowest BCUT2D eigenvalue weighted by Gasteiger charge is -2.33. The smallest absolute Gasteiger partial charge is 0.410 e. The van der Waals surface area contributed by atoms with Gasteiger partial charge >= 0.3 is 18.3 Å². The highest BCUT2D eigenvalue weighted by Gasteiger charge is 2.26. The molecule has 0 aromatic heterocycles. The maximum absolute atomic E-state index is 13.4. The molecule has 0 unspecified atom stereocenters. The summed E-state index contributed by atoms with van der Waals surface area (Å²) < 4.78 is 16.9. The van der Waals surface area contributed by atoms with Gasteiger partial charge in [-0.05, 0) is 23.6 Å². The summed E-state index contributed by atoms with van der Waals surface area (Å²) in [6.45, 7) is 4.69. The van der Waals surface area contributed by atoms with Crippen LogP contribution in [0.5, 0.6) is 0 Å².